The molecule has 0 aliphatic carbocycles. The zero-order chi connectivity index (χ0) is 20.8. The molecule has 0 saturated carbocycles. The third-order valence-corrected chi connectivity index (χ3v) is 6.91. The van der Waals surface area contributed by atoms with Crippen molar-refractivity contribution in [3.8, 4) is 5.75 Å². The largest absolute Gasteiger partial charge is 0.493 e. The third-order valence-electron chi connectivity index (χ3n) is 6.91. The van der Waals surface area contributed by atoms with Gasteiger partial charge < -0.3 is 19.7 Å². The Hall–Kier alpha value is -2.08. The molecule has 1 unspecified atom stereocenters. The predicted octanol–water partition coefficient (Wildman–Crippen LogP) is 3.40. The van der Waals surface area contributed by atoms with E-state index in [0.717, 1.165) is 64.5 Å². The van der Waals surface area contributed by atoms with Crippen LogP contribution >= 0.6 is 0 Å². The molecule has 164 valence electrons. The molecule has 1 atom stereocenters. The Labute approximate surface area is 179 Å². The summed E-state index contributed by atoms with van der Waals surface area (Å²) in [5.74, 6) is 0.954. The van der Waals surface area contributed by atoms with E-state index < -0.39 is 0 Å². The van der Waals surface area contributed by atoms with Crippen LogP contribution in [0.5, 0.6) is 5.75 Å². The monoisotopic (exact) mass is 414 g/mol. The lowest BCUT2D eigenvalue weighted by molar-refractivity contribution is -0.142. The number of carbonyl (C=O) groups is 2. The van der Waals surface area contributed by atoms with Crippen molar-refractivity contribution in [2.75, 3.05) is 39.5 Å². The number of ether oxygens (including phenoxy) is 2. The molecule has 1 N–H and O–H groups in total. The van der Waals surface area contributed by atoms with Gasteiger partial charge in [-0.25, -0.2) is 0 Å². The van der Waals surface area contributed by atoms with Crippen LogP contribution in [0.3, 0.4) is 0 Å². The van der Waals surface area contributed by atoms with Crippen LogP contribution in [0.15, 0.2) is 24.3 Å². The molecule has 6 heteroatoms. The van der Waals surface area contributed by atoms with Gasteiger partial charge in [0.05, 0.1) is 12.2 Å². The second-order valence-electron chi connectivity index (χ2n) is 9.09. The Bertz CT molecular complexity index is 746. The number of benzene rings is 1. The summed E-state index contributed by atoms with van der Waals surface area (Å²) >= 11 is 0. The summed E-state index contributed by atoms with van der Waals surface area (Å²) < 4.78 is 11.3. The highest BCUT2D eigenvalue weighted by Crippen LogP contribution is 2.36. The van der Waals surface area contributed by atoms with Crippen molar-refractivity contribution in [2.45, 2.75) is 51.4 Å². The third kappa shape index (κ3) is 4.97. The second kappa shape index (κ2) is 9.82. The van der Waals surface area contributed by atoms with Gasteiger partial charge >= 0.3 is 0 Å². The highest BCUT2D eigenvalue weighted by atomic mass is 16.5. The van der Waals surface area contributed by atoms with Crippen LogP contribution in [0.4, 0.5) is 0 Å². The van der Waals surface area contributed by atoms with Crippen molar-refractivity contribution < 1.29 is 19.1 Å². The van der Waals surface area contributed by atoms with Crippen molar-refractivity contribution in [1.29, 1.82) is 0 Å². The van der Waals surface area contributed by atoms with Gasteiger partial charge in [-0.1, -0.05) is 25.0 Å². The molecular weight excluding hydrogens is 380 g/mol. The van der Waals surface area contributed by atoms with Crippen LogP contribution in [0.1, 0.15) is 61.7 Å². The maximum absolute atomic E-state index is 13.2. The number of likely N-dealkylation sites (tertiary alicyclic amines) is 1. The molecule has 1 aromatic carbocycles. The van der Waals surface area contributed by atoms with Gasteiger partial charge in [-0.15, -0.1) is 0 Å². The first-order valence-electron chi connectivity index (χ1n) is 11.5. The minimum atomic E-state index is -0.0848. The zero-order valence-electron chi connectivity index (χ0n) is 17.9. The fourth-order valence-electron chi connectivity index (χ4n) is 5.14. The molecule has 3 aliphatic heterocycles. The second-order valence-corrected chi connectivity index (χ2v) is 9.09. The summed E-state index contributed by atoms with van der Waals surface area (Å²) in [6.45, 7) is 4.20. The van der Waals surface area contributed by atoms with E-state index in [4.69, 9.17) is 9.47 Å². The fraction of sp³-hybridized carbons (Fsp3) is 0.667. The fourth-order valence-corrected chi connectivity index (χ4v) is 5.14. The molecule has 2 amide bonds. The van der Waals surface area contributed by atoms with Gasteiger partial charge in [-0.2, -0.15) is 0 Å². The van der Waals surface area contributed by atoms with Crippen LogP contribution in [0.25, 0.3) is 0 Å². The van der Waals surface area contributed by atoms with Crippen molar-refractivity contribution in [2.24, 2.45) is 11.3 Å². The van der Waals surface area contributed by atoms with Crippen LogP contribution in [-0.2, 0) is 9.53 Å². The normalized spacial score (nSPS) is 26.7. The van der Waals surface area contributed by atoms with E-state index in [1.807, 2.05) is 24.3 Å². The molecule has 3 heterocycles. The molecule has 3 aliphatic rings. The molecule has 0 radical (unpaired) electrons. The highest BCUT2D eigenvalue weighted by Gasteiger charge is 2.39. The number of hydrogen-bond acceptors (Lipinski definition) is 4. The molecule has 30 heavy (non-hydrogen) atoms. The quantitative estimate of drug-likeness (QED) is 0.765. The van der Waals surface area contributed by atoms with Crippen molar-refractivity contribution >= 4 is 11.8 Å². The zero-order valence-corrected chi connectivity index (χ0v) is 17.9. The number of fused-ring (bicyclic) bond motifs is 1. The minimum Gasteiger partial charge on any atom is -0.493 e. The molecule has 6 nitrogen and oxygen atoms in total. The number of rotatable bonds is 1. The average molecular weight is 415 g/mol. The standard InChI is InChI=1S/C24H34N2O4/c27-22-20-7-2-3-8-21(20)30-14-5-1-4-11-24(17-25-22)12-6-13-26(18-24)23(28)19-9-15-29-16-10-19/h2-3,7-8,19H,1,4-6,9-18H2,(H,25,27). The SMILES string of the molecule is O=C1NCC2(CCCCCOc3ccccc31)CCCN(C(=O)C1CCOCC1)C2. The van der Waals surface area contributed by atoms with E-state index in [0.29, 0.717) is 37.7 Å². The Kier molecular flexibility index (Phi) is 6.93. The van der Waals surface area contributed by atoms with E-state index in [-0.39, 0.29) is 23.1 Å². The van der Waals surface area contributed by atoms with Gasteiger partial charge in [0.15, 0.2) is 0 Å². The lowest BCUT2D eigenvalue weighted by Crippen LogP contribution is -2.52. The average Bonchev–Trinajstić information content (AvgIpc) is 2.80. The lowest BCUT2D eigenvalue weighted by atomic mass is 9.75. The molecule has 1 spiro atoms. The maximum Gasteiger partial charge on any atom is 0.255 e. The summed E-state index contributed by atoms with van der Waals surface area (Å²) in [6, 6.07) is 7.47. The van der Waals surface area contributed by atoms with Crippen LogP contribution in [-0.4, -0.2) is 56.2 Å². The van der Waals surface area contributed by atoms with Crippen molar-refractivity contribution in [3.63, 3.8) is 0 Å². The number of hydrogen-bond donors (Lipinski definition) is 1. The van der Waals surface area contributed by atoms with E-state index in [9.17, 15) is 9.59 Å². The number of nitrogens with zero attached hydrogens (tertiary/aromatic N) is 1. The van der Waals surface area contributed by atoms with E-state index in [1.54, 1.807) is 0 Å². The topological polar surface area (TPSA) is 67.9 Å². The molecular formula is C24H34N2O4. The Balaban J connectivity index is 1.48. The van der Waals surface area contributed by atoms with Crippen molar-refractivity contribution in [1.82, 2.24) is 10.2 Å². The Morgan fingerprint density at radius 2 is 1.83 bits per heavy atom. The lowest BCUT2D eigenvalue weighted by Gasteiger charge is -2.44. The predicted molar refractivity (Wildman–Crippen MR) is 115 cm³/mol. The van der Waals surface area contributed by atoms with Gasteiger partial charge in [-0.05, 0) is 50.7 Å². The van der Waals surface area contributed by atoms with E-state index in [2.05, 4.69) is 10.2 Å². The Morgan fingerprint density at radius 1 is 1.03 bits per heavy atom. The van der Waals surface area contributed by atoms with Gasteiger partial charge in [0, 0.05) is 44.2 Å². The smallest absolute Gasteiger partial charge is 0.255 e. The van der Waals surface area contributed by atoms with Gasteiger partial charge in [0.1, 0.15) is 5.75 Å². The van der Waals surface area contributed by atoms with Crippen LogP contribution < -0.4 is 10.1 Å². The minimum absolute atomic E-state index is 0.0380. The molecule has 2 saturated heterocycles. The molecule has 0 aromatic heterocycles. The number of carbonyl (C=O) groups excluding carboxylic acids is 2. The molecule has 0 bridgehead atoms. The van der Waals surface area contributed by atoms with Crippen LogP contribution in [0, 0.1) is 11.3 Å². The van der Waals surface area contributed by atoms with Gasteiger partial charge in [0.2, 0.25) is 5.91 Å². The maximum atomic E-state index is 13.2. The molecule has 2 fully saturated rings. The summed E-state index contributed by atoms with van der Waals surface area (Å²) in [7, 11) is 0. The first-order valence-corrected chi connectivity index (χ1v) is 11.5. The first-order chi connectivity index (χ1) is 14.7. The van der Waals surface area contributed by atoms with Gasteiger partial charge in [0.25, 0.3) is 5.91 Å². The van der Waals surface area contributed by atoms with Crippen LogP contribution in [0.2, 0.25) is 0 Å². The summed E-state index contributed by atoms with van der Waals surface area (Å²) in [5, 5.41) is 3.18. The number of nitrogens with one attached hydrogen (secondary N) is 1. The number of piperidine rings is 1. The van der Waals surface area contributed by atoms with E-state index >= 15 is 0 Å². The van der Waals surface area contributed by atoms with Crippen molar-refractivity contribution in [3.05, 3.63) is 29.8 Å². The molecule has 1 aromatic rings. The van der Waals surface area contributed by atoms with E-state index in [1.165, 1.54) is 0 Å². The highest BCUT2D eigenvalue weighted by molar-refractivity contribution is 5.96. The first kappa shape index (κ1) is 21.2. The summed E-state index contributed by atoms with van der Waals surface area (Å²) in [4.78, 5) is 28.2. The Morgan fingerprint density at radius 3 is 2.70 bits per heavy atom. The number of para-hydroxylation sites is 1. The van der Waals surface area contributed by atoms with Gasteiger partial charge in [-0.3, -0.25) is 9.59 Å². The summed E-state index contributed by atoms with van der Waals surface area (Å²) in [6.07, 6.45) is 7.94. The number of amides is 2. The summed E-state index contributed by atoms with van der Waals surface area (Å²) in [5.41, 5.74) is 0.558. The molecule has 4 rings (SSSR count).